The molecule has 5 heteroatoms. The summed E-state index contributed by atoms with van der Waals surface area (Å²) in [5, 5.41) is 10.4. The third kappa shape index (κ3) is 2.73. The summed E-state index contributed by atoms with van der Waals surface area (Å²) in [7, 11) is 0. The third-order valence-corrected chi connectivity index (χ3v) is 3.90. The third-order valence-electron chi connectivity index (χ3n) is 3.32. The highest BCUT2D eigenvalue weighted by atomic mass is 35.6. The Balaban J connectivity index is 2.59. The largest absolute Gasteiger partial charge is 0.369 e. The number of hydrogen-bond donors (Lipinski definition) is 1. The van der Waals surface area contributed by atoms with Crippen molar-refractivity contribution in [2.24, 2.45) is 0 Å². The van der Waals surface area contributed by atoms with Crippen LogP contribution in [0.3, 0.4) is 0 Å². The lowest BCUT2D eigenvalue weighted by Gasteiger charge is -2.47. The number of nitrogens with zero attached hydrogens (tertiary/aromatic N) is 1. The quantitative estimate of drug-likeness (QED) is 0.776. The van der Waals surface area contributed by atoms with Gasteiger partial charge in [-0.1, -0.05) is 59.1 Å². The molecule has 0 unspecified atom stereocenters. The normalized spacial score (nSPS) is 19.7. The van der Waals surface area contributed by atoms with E-state index in [1.54, 1.807) is 4.90 Å². The van der Waals surface area contributed by atoms with E-state index in [0.29, 0.717) is 0 Å². The van der Waals surface area contributed by atoms with Gasteiger partial charge in [0.15, 0.2) is 6.23 Å². The molecule has 0 radical (unpaired) electrons. The van der Waals surface area contributed by atoms with Crippen LogP contribution in [-0.2, 0) is 0 Å². The molecule has 0 amide bonds. The predicted molar refractivity (Wildman–Crippen MR) is 82.9 cm³/mol. The minimum absolute atomic E-state index is 0.443. The molecule has 0 saturated carbocycles. The molecule has 0 fully saturated rings. The Labute approximate surface area is 128 Å². The summed E-state index contributed by atoms with van der Waals surface area (Å²) >= 11 is 17.6. The van der Waals surface area contributed by atoms with Crippen LogP contribution in [0.15, 0.2) is 30.3 Å². The lowest BCUT2D eigenvalue weighted by Crippen LogP contribution is -2.55. The van der Waals surface area contributed by atoms with Crippen LogP contribution in [0.4, 0.5) is 5.69 Å². The fourth-order valence-electron chi connectivity index (χ4n) is 2.60. The van der Waals surface area contributed by atoms with Crippen molar-refractivity contribution in [2.75, 3.05) is 4.90 Å². The summed E-state index contributed by atoms with van der Waals surface area (Å²) in [5.74, 6) is 0. The first-order chi connectivity index (χ1) is 8.64. The van der Waals surface area contributed by atoms with E-state index in [-0.39, 0.29) is 0 Å². The number of aliphatic hydroxyl groups excluding tert-OH is 1. The highest BCUT2D eigenvalue weighted by molar-refractivity contribution is 6.68. The van der Waals surface area contributed by atoms with Crippen molar-refractivity contribution in [1.82, 2.24) is 0 Å². The number of alkyl halides is 3. The standard InChI is InChI=1S/C14H16Cl3NO/c1-9-8-13(2,3)18(12(19)14(15,16)17)11-7-5-4-6-10(9)11/h4-8,12,19H,1-3H3/t12-/m0/s1. The Morgan fingerprint density at radius 2 is 1.79 bits per heavy atom. The molecule has 1 aromatic carbocycles. The molecule has 1 aromatic rings. The van der Waals surface area contributed by atoms with Gasteiger partial charge in [0.05, 0.1) is 5.54 Å². The number of halogens is 3. The molecule has 1 atom stereocenters. The van der Waals surface area contributed by atoms with Crippen molar-refractivity contribution >= 4 is 46.1 Å². The Hall–Kier alpha value is -0.410. The second-order valence-corrected chi connectivity index (χ2v) is 7.65. The van der Waals surface area contributed by atoms with E-state index >= 15 is 0 Å². The van der Waals surface area contributed by atoms with E-state index in [4.69, 9.17) is 34.8 Å². The van der Waals surface area contributed by atoms with Crippen LogP contribution in [0.5, 0.6) is 0 Å². The highest BCUT2D eigenvalue weighted by Gasteiger charge is 2.43. The van der Waals surface area contributed by atoms with Gasteiger partial charge in [-0.15, -0.1) is 0 Å². The van der Waals surface area contributed by atoms with Gasteiger partial charge in [0, 0.05) is 11.3 Å². The van der Waals surface area contributed by atoms with Gasteiger partial charge in [0.25, 0.3) is 0 Å². The number of allylic oxidation sites excluding steroid dienone is 1. The van der Waals surface area contributed by atoms with Crippen LogP contribution in [0, 0.1) is 0 Å². The smallest absolute Gasteiger partial charge is 0.234 e. The van der Waals surface area contributed by atoms with E-state index in [0.717, 1.165) is 16.8 Å². The Kier molecular flexibility index (Phi) is 3.83. The van der Waals surface area contributed by atoms with E-state index in [1.165, 1.54) is 0 Å². The van der Waals surface area contributed by atoms with Crippen molar-refractivity contribution in [3.05, 3.63) is 35.9 Å². The van der Waals surface area contributed by atoms with Gasteiger partial charge in [-0.2, -0.15) is 0 Å². The van der Waals surface area contributed by atoms with E-state index in [2.05, 4.69) is 6.08 Å². The summed E-state index contributed by atoms with van der Waals surface area (Å²) < 4.78 is -1.77. The number of rotatable bonds is 1. The van der Waals surface area contributed by atoms with Crippen molar-refractivity contribution < 1.29 is 5.11 Å². The lowest BCUT2D eigenvalue weighted by molar-refractivity contribution is 0.154. The van der Waals surface area contributed by atoms with Crippen LogP contribution < -0.4 is 4.90 Å². The zero-order valence-corrected chi connectivity index (χ0v) is 13.3. The molecule has 1 aliphatic rings. The maximum atomic E-state index is 10.4. The van der Waals surface area contributed by atoms with Gasteiger partial charge in [0.2, 0.25) is 3.79 Å². The minimum Gasteiger partial charge on any atom is -0.369 e. The van der Waals surface area contributed by atoms with Crippen LogP contribution >= 0.6 is 34.8 Å². The van der Waals surface area contributed by atoms with Crippen LogP contribution in [-0.4, -0.2) is 20.7 Å². The summed E-state index contributed by atoms with van der Waals surface area (Å²) in [6, 6.07) is 7.78. The van der Waals surface area contributed by atoms with E-state index in [1.807, 2.05) is 45.0 Å². The van der Waals surface area contributed by atoms with Crippen LogP contribution in [0.2, 0.25) is 0 Å². The summed E-state index contributed by atoms with van der Waals surface area (Å²) in [5.41, 5.74) is 2.61. The fraction of sp³-hybridized carbons (Fsp3) is 0.429. The number of aliphatic hydroxyl groups is 1. The number of anilines is 1. The molecule has 0 aromatic heterocycles. The molecule has 0 bridgehead atoms. The number of para-hydroxylation sites is 1. The van der Waals surface area contributed by atoms with Crippen molar-refractivity contribution in [1.29, 1.82) is 0 Å². The molecule has 1 heterocycles. The minimum atomic E-state index is -1.77. The first kappa shape index (κ1) is 15.0. The maximum Gasteiger partial charge on any atom is 0.234 e. The van der Waals surface area contributed by atoms with Gasteiger partial charge in [-0.25, -0.2) is 0 Å². The van der Waals surface area contributed by atoms with Crippen LogP contribution in [0.25, 0.3) is 5.57 Å². The molecule has 0 saturated heterocycles. The van der Waals surface area contributed by atoms with Gasteiger partial charge in [0.1, 0.15) is 0 Å². The SMILES string of the molecule is CC1=CC(C)(C)N([C@@H](O)C(Cl)(Cl)Cl)c2ccccc21. The van der Waals surface area contributed by atoms with E-state index in [9.17, 15) is 5.11 Å². The molecule has 0 aliphatic carbocycles. The second kappa shape index (κ2) is 4.85. The van der Waals surface area contributed by atoms with Crippen molar-refractivity contribution in [3.8, 4) is 0 Å². The first-order valence-corrected chi connectivity index (χ1v) is 7.11. The molecule has 104 valence electrons. The number of fused-ring (bicyclic) bond motifs is 1. The maximum absolute atomic E-state index is 10.4. The molecule has 0 spiro atoms. The summed E-state index contributed by atoms with van der Waals surface area (Å²) in [6.07, 6.45) is 0.840. The molecule has 1 N–H and O–H groups in total. The number of benzene rings is 1. The number of hydrogen-bond acceptors (Lipinski definition) is 2. The van der Waals surface area contributed by atoms with Crippen molar-refractivity contribution in [3.63, 3.8) is 0 Å². The lowest BCUT2D eigenvalue weighted by atomic mass is 9.88. The van der Waals surface area contributed by atoms with Gasteiger partial charge in [-0.05, 0) is 32.4 Å². The molecular weight excluding hydrogens is 305 g/mol. The zero-order chi connectivity index (χ0) is 14.4. The topological polar surface area (TPSA) is 23.5 Å². The van der Waals surface area contributed by atoms with Gasteiger partial charge in [-0.3, -0.25) is 0 Å². The van der Waals surface area contributed by atoms with Crippen LogP contribution in [0.1, 0.15) is 26.3 Å². The van der Waals surface area contributed by atoms with E-state index < -0.39 is 15.6 Å². The molecular formula is C14H16Cl3NO. The predicted octanol–water partition coefficient (Wildman–Crippen LogP) is 4.38. The van der Waals surface area contributed by atoms with Crippen molar-refractivity contribution in [2.45, 2.75) is 36.3 Å². The molecule has 2 rings (SSSR count). The molecule has 1 aliphatic heterocycles. The average molecular weight is 321 g/mol. The Morgan fingerprint density at radius 1 is 1.21 bits per heavy atom. The van der Waals surface area contributed by atoms with Gasteiger partial charge < -0.3 is 10.0 Å². The zero-order valence-electron chi connectivity index (χ0n) is 11.0. The van der Waals surface area contributed by atoms with Gasteiger partial charge >= 0.3 is 0 Å². The molecule has 19 heavy (non-hydrogen) atoms. The molecule has 2 nitrogen and oxygen atoms in total. The monoisotopic (exact) mass is 319 g/mol. The first-order valence-electron chi connectivity index (χ1n) is 5.97. The highest BCUT2D eigenvalue weighted by Crippen LogP contribution is 2.44. The Bertz CT molecular complexity index is 520. The fourth-order valence-corrected chi connectivity index (χ4v) is 2.89. The Morgan fingerprint density at radius 3 is 2.37 bits per heavy atom. The summed E-state index contributed by atoms with van der Waals surface area (Å²) in [4.78, 5) is 1.74. The summed E-state index contributed by atoms with van der Waals surface area (Å²) in [6.45, 7) is 6.00. The second-order valence-electron chi connectivity index (χ2n) is 5.28. The average Bonchev–Trinajstić information content (AvgIpc) is 2.26.